The molecule has 1 amide bonds. The van der Waals surface area contributed by atoms with Crippen molar-refractivity contribution in [1.29, 1.82) is 0 Å². The summed E-state index contributed by atoms with van der Waals surface area (Å²) in [5.41, 5.74) is 2.90. The van der Waals surface area contributed by atoms with Crippen LogP contribution in [-0.4, -0.2) is 53.2 Å². The summed E-state index contributed by atoms with van der Waals surface area (Å²) in [7, 11) is 1.84. The van der Waals surface area contributed by atoms with Crippen molar-refractivity contribution in [2.75, 3.05) is 32.0 Å². The zero-order chi connectivity index (χ0) is 19.2. The quantitative estimate of drug-likeness (QED) is 0.690. The summed E-state index contributed by atoms with van der Waals surface area (Å²) >= 11 is 1.93. The van der Waals surface area contributed by atoms with Crippen molar-refractivity contribution in [3.8, 4) is 0 Å². The summed E-state index contributed by atoms with van der Waals surface area (Å²) in [6, 6.07) is 2.30. The Kier molecular flexibility index (Phi) is 6.79. The van der Waals surface area contributed by atoms with Gasteiger partial charge in [-0.1, -0.05) is 11.9 Å². The molecule has 0 bridgehead atoms. The first-order valence-electron chi connectivity index (χ1n) is 9.54. The Balaban J connectivity index is 1.79. The molecule has 1 aromatic rings. The second kappa shape index (κ2) is 9.28. The van der Waals surface area contributed by atoms with E-state index in [0.717, 1.165) is 40.9 Å². The number of pyridine rings is 1. The highest BCUT2D eigenvalue weighted by Gasteiger charge is 2.26. The molecule has 0 aromatic carbocycles. The van der Waals surface area contributed by atoms with Gasteiger partial charge < -0.3 is 16.0 Å². The van der Waals surface area contributed by atoms with Gasteiger partial charge in [0.2, 0.25) is 5.91 Å². The SMILES string of the molecule is CNc1cc(C2=C/C(=O)NCCN(SC3CC3)CC(C)N\C=C\2)c(C)cn1. The van der Waals surface area contributed by atoms with Gasteiger partial charge in [0.15, 0.2) is 0 Å². The number of nitrogens with one attached hydrogen (secondary N) is 3. The summed E-state index contributed by atoms with van der Waals surface area (Å²) in [6.45, 7) is 6.64. The van der Waals surface area contributed by atoms with Gasteiger partial charge in [0, 0.05) is 50.2 Å². The van der Waals surface area contributed by atoms with E-state index in [1.54, 1.807) is 6.08 Å². The van der Waals surface area contributed by atoms with Crippen LogP contribution in [0.3, 0.4) is 0 Å². The van der Waals surface area contributed by atoms with Crippen LogP contribution in [0.15, 0.2) is 30.6 Å². The van der Waals surface area contributed by atoms with E-state index in [2.05, 4.69) is 32.2 Å². The minimum atomic E-state index is -0.0677. The number of nitrogens with zero attached hydrogens (tertiary/aromatic N) is 2. The van der Waals surface area contributed by atoms with Crippen molar-refractivity contribution in [1.82, 2.24) is 19.9 Å². The molecule has 2 aliphatic rings. The minimum Gasteiger partial charge on any atom is -0.387 e. The van der Waals surface area contributed by atoms with Crippen molar-refractivity contribution in [2.45, 2.75) is 38.0 Å². The molecular weight excluding hydrogens is 358 g/mol. The molecule has 1 aromatic heterocycles. The summed E-state index contributed by atoms with van der Waals surface area (Å²) in [5, 5.41) is 10.3. The Labute approximate surface area is 166 Å². The number of allylic oxidation sites excluding steroid dienone is 2. The first-order chi connectivity index (χ1) is 13.0. The van der Waals surface area contributed by atoms with Gasteiger partial charge in [-0.3, -0.25) is 4.79 Å². The van der Waals surface area contributed by atoms with E-state index < -0.39 is 0 Å². The first kappa shape index (κ1) is 19.8. The number of hydrogen-bond acceptors (Lipinski definition) is 6. The van der Waals surface area contributed by atoms with E-state index in [1.807, 2.05) is 50.5 Å². The van der Waals surface area contributed by atoms with Gasteiger partial charge in [-0.15, -0.1) is 0 Å². The Bertz CT molecular complexity index is 729. The largest absolute Gasteiger partial charge is 0.387 e. The lowest BCUT2D eigenvalue weighted by atomic mass is 10.0. The molecular formula is C20H29N5OS. The van der Waals surface area contributed by atoms with Gasteiger partial charge in [-0.2, -0.15) is 0 Å². The molecule has 7 heteroatoms. The summed E-state index contributed by atoms with van der Waals surface area (Å²) in [6.07, 6.45) is 10.0. The van der Waals surface area contributed by atoms with Crippen LogP contribution in [0.4, 0.5) is 5.82 Å². The molecule has 0 radical (unpaired) electrons. The molecule has 3 N–H and O–H groups in total. The van der Waals surface area contributed by atoms with E-state index in [1.165, 1.54) is 12.8 Å². The van der Waals surface area contributed by atoms with E-state index in [9.17, 15) is 4.79 Å². The highest BCUT2D eigenvalue weighted by atomic mass is 32.2. The number of aryl methyl sites for hydroxylation is 1. The molecule has 0 spiro atoms. The Morgan fingerprint density at radius 2 is 2.19 bits per heavy atom. The second-order valence-electron chi connectivity index (χ2n) is 7.12. The molecule has 6 nitrogen and oxygen atoms in total. The van der Waals surface area contributed by atoms with Crippen molar-refractivity contribution in [3.05, 3.63) is 41.7 Å². The second-order valence-corrected chi connectivity index (χ2v) is 8.51. The molecule has 1 unspecified atom stereocenters. The van der Waals surface area contributed by atoms with Crippen LogP contribution in [0.25, 0.3) is 5.57 Å². The van der Waals surface area contributed by atoms with Gasteiger partial charge in [0.25, 0.3) is 0 Å². The van der Waals surface area contributed by atoms with Gasteiger partial charge in [-0.25, -0.2) is 9.29 Å². The maximum absolute atomic E-state index is 12.5. The van der Waals surface area contributed by atoms with E-state index in [0.29, 0.717) is 12.6 Å². The number of hydrogen-bond donors (Lipinski definition) is 3. The number of carbonyl (C=O) groups excluding carboxylic acids is 1. The molecule has 1 atom stereocenters. The van der Waals surface area contributed by atoms with Crippen LogP contribution >= 0.6 is 11.9 Å². The third-order valence-electron chi connectivity index (χ3n) is 4.56. The summed E-state index contributed by atoms with van der Waals surface area (Å²) < 4.78 is 2.38. The average Bonchev–Trinajstić information content (AvgIpc) is 3.44. The normalized spacial score (nSPS) is 25.2. The van der Waals surface area contributed by atoms with Crippen LogP contribution in [0.5, 0.6) is 0 Å². The highest BCUT2D eigenvalue weighted by molar-refractivity contribution is 7.97. The lowest BCUT2D eigenvalue weighted by Crippen LogP contribution is -2.38. The highest BCUT2D eigenvalue weighted by Crippen LogP contribution is 2.36. The van der Waals surface area contributed by atoms with Crippen LogP contribution in [0.1, 0.15) is 30.9 Å². The molecule has 1 saturated carbocycles. The minimum absolute atomic E-state index is 0.0677. The molecule has 2 heterocycles. The van der Waals surface area contributed by atoms with Gasteiger partial charge >= 0.3 is 0 Å². The van der Waals surface area contributed by atoms with E-state index in [4.69, 9.17) is 0 Å². The first-order valence-corrected chi connectivity index (χ1v) is 10.4. The van der Waals surface area contributed by atoms with Crippen molar-refractivity contribution >= 4 is 29.2 Å². The number of carbonyl (C=O) groups is 1. The fourth-order valence-electron chi connectivity index (χ4n) is 2.91. The maximum Gasteiger partial charge on any atom is 0.244 e. The molecule has 1 aliphatic heterocycles. The number of anilines is 1. The number of rotatable bonds is 4. The van der Waals surface area contributed by atoms with Crippen molar-refractivity contribution in [3.63, 3.8) is 0 Å². The van der Waals surface area contributed by atoms with Crippen molar-refractivity contribution < 1.29 is 4.79 Å². The predicted molar refractivity (Wildman–Crippen MR) is 113 cm³/mol. The molecule has 3 rings (SSSR count). The number of amides is 1. The van der Waals surface area contributed by atoms with Crippen LogP contribution in [0, 0.1) is 6.92 Å². The van der Waals surface area contributed by atoms with Crippen LogP contribution in [-0.2, 0) is 4.79 Å². The topological polar surface area (TPSA) is 69.3 Å². The third-order valence-corrected chi connectivity index (χ3v) is 5.96. The smallest absolute Gasteiger partial charge is 0.244 e. The van der Waals surface area contributed by atoms with E-state index in [-0.39, 0.29) is 5.91 Å². The lowest BCUT2D eigenvalue weighted by molar-refractivity contribution is -0.116. The van der Waals surface area contributed by atoms with Gasteiger partial charge in [0.1, 0.15) is 5.82 Å². The van der Waals surface area contributed by atoms with Gasteiger partial charge in [-0.05, 0) is 61.7 Å². The third kappa shape index (κ3) is 6.01. The Morgan fingerprint density at radius 3 is 2.93 bits per heavy atom. The molecule has 146 valence electrons. The standard InChI is InChI=1S/C20H29N5OS/c1-14-12-24-19(21-3)11-18(14)16-6-7-22-15(2)13-25(27-17-4-5-17)9-8-23-20(26)10-16/h6-7,10-12,15,17,22H,4-5,8-9,13H2,1-3H3,(H,21,24)(H,23,26)/b7-6+,16-10+. The Hall–Kier alpha value is -1.99. The summed E-state index contributed by atoms with van der Waals surface area (Å²) in [4.78, 5) is 16.8. The van der Waals surface area contributed by atoms with Crippen molar-refractivity contribution in [2.24, 2.45) is 0 Å². The fourth-order valence-corrected chi connectivity index (χ4v) is 4.19. The molecule has 1 fully saturated rings. The summed E-state index contributed by atoms with van der Waals surface area (Å²) in [5.74, 6) is 0.715. The van der Waals surface area contributed by atoms with Gasteiger partial charge in [0.05, 0.1) is 0 Å². The predicted octanol–water partition coefficient (Wildman–Crippen LogP) is 2.55. The zero-order valence-electron chi connectivity index (χ0n) is 16.3. The average molecular weight is 388 g/mol. The van der Waals surface area contributed by atoms with Crippen LogP contribution < -0.4 is 16.0 Å². The maximum atomic E-state index is 12.5. The zero-order valence-corrected chi connectivity index (χ0v) is 17.1. The monoisotopic (exact) mass is 387 g/mol. The lowest BCUT2D eigenvalue weighted by Gasteiger charge is -2.25. The fraction of sp³-hybridized carbons (Fsp3) is 0.500. The van der Waals surface area contributed by atoms with Crippen LogP contribution in [0.2, 0.25) is 0 Å². The molecule has 27 heavy (non-hydrogen) atoms. The number of aromatic nitrogens is 1. The Morgan fingerprint density at radius 1 is 1.37 bits per heavy atom. The molecule has 0 saturated heterocycles. The van der Waals surface area contributed by atoms with E-state index >= 15 is 0 Å². The molecule has 1 aliphatic carbocycles.